The van der Waals surface area contributed by atoms with Gasteiger partial charge in [-0.2, -0.15) is 0 Å². The van der Waals surface area contributed by atoms with E-state index in [0.717, 1.165) is 5.69 Å². The van der Waals surface area contributed by atoms with Crippen LogP contribution in [0.1, 0.15) is 21.5 Å². The molecule has 1 heterocycles. The van der Waals surface area contributed by atoms with Crippen LogP contribution in [0.15, 0.2) is 66.7 Å². The Labute approximate surface area is 208 Å². The van der Waals surface area contributed by atoms with E-state index in [9.17, 15) is 14.0 Å². The quantitative estimate of drug-likeness (QED) is 0.521. The summed E-state index contributed by atoms with van der Waals surface area (Å²) < 4.78 is 13.3. The lowest BCUT2D eigenvalue weighted by Gasteiger charge is -2.36. The molecule has 176 valence electrons. The Morgan fingerprint density at radius 2 is 1.53 bits per heavy atom. The predicted molar refractivity (Wildman–Crippen MR) is 133 cm³/mol. The SMILES string of the molecule is O=C(NCc1cccc(F)c1)c1ccc(N2CCN(C(=O)Cc3c(Cl)cccc3Cl)CC2)cc1. The number of hydrogen-bond acceptors (Lipinski definition) is 3. The highest BCUT2D eigenvalue weighted by molar-refractivity contribution is 6.36. The van der Waals surface area contributed by atoms with Crippen molar-refractivity contribution in [3.8, 4) is 0 Å². The highest BCUT2D eigenvalue weighted by atomic mass is 35.5. The first kappa shape index (κ1) is 24.0. The number of halogens is 3. The van der Waals surface area contributed by atoms with E-state index in [-0.39, 0.29) is 30.6 Å². The largest absolute Gasteiger partial charge is 0.368 e. The summed E-state index contributed by atoms with van der Waals surface area (Å²) in [6.07, 6.45) is 0.179. The van der Waals surface area contributed by atoms with Crippen LogP contribution in [0.4, 0.5) is 10.1 Å². The Morgan fingerprint density at radius 3 is 2.18 bits per heavy atom. The van der Waals surface area contributed by atoms with Crippen LogP contribution in [0.2, 0.25) is 10.0 Å². The minimum Gasteiger partial charge on any atom is -0.368 e. The number of anilines is 1. The maximum atomic E-state index is 13.3. The molecule has 0 spiro atoms. The summed E-state index contributed by atoms with van der Waals surface area (Å²) in [6, 6.07) is 18.7. The van der Waals surface area contributed by atoms with E-state index in [1.54, 1.807) is 42.5 Å². The Balaban J connectivity index is 1.29. The Hall–Kier alpha value is -3.09. The Kier molecular flexibility index (Phi) is 7.70. The molecule has 0 unspecified atom stereocenters. The molecule has 0 atom stereocenters. The van der Waals surface area contributed by atoms with Crippen molar-refractivity contribution in [1.29, 1.82) is 0 Å². The molecule has 1 aliphatic heterocycles. The average Bonchev–Trinajstić information content (AvgIpc) is 2.85. The van der Waals surface area contributed by atoms with Crippen LogP contribution in [0.25, 0.3) is 0 Å². The molecule has 5 nitrogen and oxygen atoms in total. The van der Waals surface area contributed by atoms with Gasteiger partial charge in [0.1, 0.15) is 5.82 Å². The molecule has 0 aromatic heterocycles. The zero-order chi connectivity index (χ0) is 24.1. The summed E-state index contributed by atoms with van der Waals surface area (Å²) in [6.45, 7) is 2.82. The fourth-order valence-corrected chi connectivity index (χ4v) is 4.46. The molecule has 8 heteroatoms. The maximum Gasteiger partial charge on any atom is 0.251 e. The van der Waals surface area contributed by atoms with Gasteiger partial charge in [-0.05, 0) is 59.7 Å². The molecule has 34 heavy (non-hydrogen) atoms. The van der Waals surface area contributed by atoms with Crippen molar-refractivity contribution in [2.24, 2.45) is 0 Å². The lowest BCUT2D eigenvalue weighted by Crippen LogP contribution is -2.49. The van der Waals surface area contributed by atoms with Crippen molar-refractivity contribution >= 4 is 40.7 Å². The molecule has 3 aromatic rings. The number of carbonyl (C=O) groups is 2. The topological polar surface area (TPSA) is 52.7 Å². The number of amides is 2. The summed E-state index contributed by atoms with van der Waals surface area (Å²) >= 11 is 12.4. The number of nitrogens with one attached hydrogen (secondary N) is 1. The van der Waals surface area contributed by atoms with Gasteiger partial charge in [-0.3, -0.25) is 9.59 Å². The van der Waals surface area contributed by atoms with Gasteiger partial charge in [0.05, 0.1) is 6.42 Å². The second-order valence-corrected chi connectivity index (χ2v) is 8.92. The molecule has 0 radical (unpaired) electrons. The zero-order valence-electron chi connectivity index (χ0n) is 18.4. The van der Waals surface area contributed by atoms with Gasteiger partial charge in [0.2, 0.25) is 5.91 Å². The zero-order valence-corrected chi connectivity index (χ0v) is 20.0. The fourth-order valence-electron chi connectivity index (χ4n) is 3.93. The first-order valence-corrected chi connectivity index (χ1v) is 11.7. The molecule has 1 fully saturated rings. The number of piperazine rings is 1. The van der Waals surface area contributed by atoms with Crippen molar-refractivity contribution in [3.05, 3.63) is 99.3 Å². The molecular formula is C26H24Cl2FN3O2. The van der Waals surface area contributed by atoms with Gasteiger partial charge in [0, 0.05) is 54.0 Å². The lowest BCUT2D eigenvalue weighted by molar-refractivity contribution is -0.130. The summed E-state index contributed by atoms with van der Waals surface area (Å²) in [5, 5.41) is 3.80. The third kappa shape index (κ3) is 5.88. The highest BCUT2D eigenvalue weighted by Gasteiger charge is 2.23. The Bertz CT molecular complexity index is 1160. The van der Waals surface area contributed by atoms with E-state index in [1.807, 2.05) is 17.0 Å². The van der Waals surface area contributed by atoms with Gasteiger partial charge < -0.3 is 15.1 Å². The number of rotatable bonds is 6. The Morgan fingerprint density at radius 1 is 0.882 bits per heavy atom. The van der Waals surface area contributed by atoms with Crippen molar-refractivity contribution < 1.29 is 14.0 Å². The molecule has 2 amide bonds. The van der Waals surface area contributed by atoms with Crippen LogP contribution in [0, 0.1) is 5.82 Å². The minimum absolute atomic E-state index is 0.0000312. The van der Waals surface area contributed by atoms with Crippen LogP contribution in [0.3, 0.4) is 0 Å². The van der Waals surface area contributed by atoms with Gasteiger partial charge in [-0.15, -0.1) is 0 Å². The molecule has 0 bridgehead atoms. The monoisotopic (exact) mass is 499 g/mol. The van der Waals surface area contributed by atoms with E-state index in [1.165, 1.54) is 12.1 Å². The fraction of sp³-hybridized carbons (Fsp3) is 0.231. The van der Waals surface area contributed by atoms with Gasteiger partial charge in [0.25, 0.3) is 5.91 Å². The van der Waals surface area contributed by atoms with Crippen molar-refractivity contribution in [2.45, 2.75) is 13.0 Å². The maximum absolute atomic E-state index is 13.3. The molecule has 4 rings (SSSR count). The number of benzene rings is 3. The van der Waals surface area contributed by atoms with Crippen LogP contribution < -0.4 is 10.2 Å². The third-order valence-electron chi connectivity index (χ3n) is 5.86. The minimum atomic E-state index is -0.328. The van der Waals surface area contributed by atoms with Crippen molar-refractivity contribution in [2.75, 3.05) is 31.1 Å². The van der Waals surface area contributed by atoms with E-state index in [2.05, 4.69) is 10.2 Å². The van der Waals surface area contributed by atoms with E-state index in [4.69, 9.17) is 23.2 Å². The van der Waals surface area contributed by atoms with Crippen LogP contribution in [-0.2, 0) is 17.8 Å². The third-order valence-corrected chi connectivity index (χ3v) is 6.57. The van der Waals surface area contributed by atoms with E-state index in [0.29, 0.717) is 52.9 Å². The van der Waals surface area contributed by atoms with E-state index >= 15 is 0 Å². The molecule has 1 N–H and O–H groups in total. The number of carbonyl (C=O) groups excluding carboxylic acids is 2. The van der Waals surface area contributed by atoms with Gasteiger partial charge >= 0.3 is 0 Å². The summed E-state index contributed by atoms with van der Waals surface area (Å²) in [7, 11) is 0. The smallest absolute Gasteiger partial charge is 0.251 e. The highest BCUT2D eigenvalue weighted by Crippen LogP contribution is 2.25. The molecule has 3 aromatic carbocycles. The second-order valence-electron chi connectivity index (χ2n) is 8.10. The lowest BCUT2D eigenvalue weighted by atomic mass is 10.1. The van der Waals surface area contributed by atoms with Gasteiger partial charge in [-0.1, -0.05) is 41.4 Å². The number of hydrogen-bond donors (Lipinski definition) is 1. The molecule has 1 saturated heterocycles. The van der Waals surface area contributed by atoms with Crippen LogP contribution in [-0.4, -0.2) is 42.9 Å². The predicted octanol–water partition coefficient (Wildman–Crippen LogP) is 4.95. The summed E-state index contributed by atoms with van der Waals surface area (Å²) in [4.78, 5) is 29.2. The average molecular weight is 500 g/mol. The molecule has 0 saturated carbocycles. The number of nitrogens with zero attached hydrogens (tertiary/aromatic N) is 2. The van der Waals surface area contributed by atoms with Crippen LogP contribution >= 0.6 is 23.2 Å². The van der Waals surface area contributed by atoms with Crippen molar-refractivity contribution in [1.82, 2.24) is 10.2 Å². The molecular weight excluding hydrogens is 476 g/mol. The standard InChI is InChI=1S/C26H24Cl2FN3O2/c27-23-5-2-6-24(28)22(23)16-25(33)32-13-11-31(12-14-32)21-9-7-19(8-10-21)26(34)30-17-18-3-1-4-20(29)15-18/h1-10,15H,11-14,16-17H2,(H,30,34). The van der Waals surface area contributed by atoms with Crippen LogP contribution in [0.5, 0.6) is 0 Å². The summed E-state index contributed by atoms with van der Waals surface area (Å²) in [5.41, 5.74) is 2.88. The second kappa shape index (κ2) is 10.9. The molecule has 0 aliphatic carbocycles. The van der Waals surface area contributed by atoms with E-state index < -0.39 is 0 Å². The first-order chi connectivity index (χ1) is 16.4. The van der Waals surface area contributed by atoms with Gasteiger partial charge in [0.15, 0.2) is 0 Å². The van der Waals surface area contributed by atoms with Crippen molar-refractivity contribution in [3.63, 3.8) is 0 Å². The molecule has 1 aliphatic rings. The normalized spacial score (nSPS) is 13.6. The summed E-state index contributed by atoms with van der Waals surface area (Å²) in [5.74, 6) is -0.546. The van der Waals surface area contributed by atoms with Gasteiger partial charge in [-0.25, -0.2) is 4.39 Å². The first-order valence-electron chi connectivity index (χ1n) is 11.0.